The molecule has 0 bridgehead atoms. The van der Waals surface area contributed by atoms with E-state index in [4.69, 9.17) is 0 Å². The normalized spacial score (nSPS) is 17.0. The fraction of sp³-hybridized carbons (Fsp3) is 0.143. The highest BCUT2D eigenvalue weighted by Crippen LogP contribution is 2.35. The Morgan fingerprint density at radius 3 is 2.59 bits per heavy atom. The minimum atomic E-state index is 0.338. The minimum absolute atomic E-state index is 0.338. The molecule has 0 saturated carbocycles. The molecule has 22 heavy (non-hydrogen) atoms. The summed E-state index contributed by atoms with van der Waals surface area (Å²) in [7, 11) is 0. The van der Waals surface area contributed by atoms with Gasteiger partial charge in [0.2, 0.25) is 0 Å². The maximum atomic E-state index is 3.81. The third kappa shape index (κ3) is 3.04. The summed E-state index contributed by atoms with van der Waals surface area (Å²) < 4.78 is 0. The molecular formula is C21H21N. The molecule has 3 rings (SSSR count). The second-order valence-corrected chi connectivity index (χ2v) is 5.44. The summed E-state index contributed by atoms with van der Waals surface area (Å²) in [6, 6.07) is 19.6. The number of benzene rings is 2. The van der Waals surface area contributed by atoms with E-state index < -0.39 is 0 Å². The summed E-state index contributed by atoms with van der Waals surface area (Å²) in [5.41, 5.74) is 3.91. The first-order valence-electron chi connectivity index (χ1n) is 7.78. The van der Waals surface area contributed by atoms with Crippen LogP contribution < -0.4 is 4.90 Å². The van der Waals surface area contributed by atoms with E-state index in [0.29, 0.717) is 6.04 Å². The Morgan fingerprint density at radius 1 is 1.00 bits per heavy atom. The maximum absolute atomic E-state index is 3.81. The maximum Gasteiger partial charge on any atom is 0.0594 e. The zero-order valence-electron chi connectivity index (χ0n) is 12.7. The highest BCUT2D eigenvalue weighted by Gasteiger charge is 2.21. The molecule has 1 atom stereocenters. The molecule has 0 saturated heterocycles. The van der Waals surface area contributed by atoms with E-state index in [1.54, 1.807) is 0 Å². The van der Waals surface area contributed by atoms with Gasteiger partial charge in [0.25, 0.3) is 0 Å². The summed E-state index contributed by atoms with van der Waals surface area (Å²) in [6.07, 6.45) is 12.7. The van der Waals surface area contributed by atoms with Crippen molar-refractivity contribution < 1.29 is 0 Å². The van der Waals surface area contributed by atoms with Crippen LogP contribution in [0.25, 0.3) is 6.08 Å². The van der Waals surface area contributed by atoms with Crippen LogP contribution in [0.15, 0.2) is 85.6 Å². The van der Waals surface area contributed by atoms with Crippen molar-refractivity contribution in [1.82, 2.24) is 0 Å². The van der Waals surface area contributed by atoms with Gasteiger partial charge < -0.3 is 4.90 Å². The lowest BCUT2D eigenvalue weighted by molar-refractivity contribution is 0.640. The molecule has 0 aromatic heterocycles. The second-order valence-electron chi connectivity index (χ2n) is 5.44. The van der Waals surface area contributed by atoms with Crippen molar-refractivity contribution >= 4 is 11.8 Å². The molecule has 1 unspecified atom stereocenters. The average Bonchev–Trinajstić information content (AvgIpc) is 2.79. The van der Waals surface area contributed by atoms with Crippen LogP contribution in [0.1, 0.15) is 30.0 Å². The number of nitrogens with zero attached hydrogens (tertiary/aromatic N) is 1. The molecule has 0 aliphatic heterocycles. The van der Waals surface area contributed by atoms with Gasteiger partial charge in [0.15, 0.2) is 0 Å². The summed E-state index contributed by atoms with van der Waals surface area (Å²) in [5, 5.41) is 0. The van der Waals surface area contributed by atoms with Crippen LogP contribution in [0.2, 0.25) is 0 Å². The molecule has 0 fully saturated rings. The van der Waals surface area contributed by atoms with Crippen LogP contribution in [0.5, 0.6) is 0 Å². The van der Waals surface area contributed by atoms with Gasteiger partial charge in [-0.1, -0.05) is 67.3 Å². The topological polar surface area (TPSA) is 3.24 Å². The molecule has 1 nitrogen and oxygen atoms in total. The second kappa shape index (κ2) is 6.95. The van der Waals surface area contributed by atoms with Gasteiger partial charge >= 0.3 is 0 Å². The van der Waals surface area contributed by atoms with Crippen LogP contribution in [-0.4, -0.2) is 0 Å². The van der Waals surface area contributed by atoms with Crippen molar-refractivity contribution in [1.29, 1.82) is 0 Å². The summed E-state index contributed by atoms with van der Waals surface area (Å²) in [6.45, 7) is 3.81. The number of allylic oxidation sites excluding steroid dienone is 3. The fourth-order valence-corrected chi connectivity index (χ4v) is 3.00. The van der Waals surface area contributed by atoms with Crippen LogP contribution in [0, 0.1) is 0 Å². The van der Waals surface area contributed by atoms with E-state index in [-0.39, 0.29) is 0 Å². The Labute approximate surface area is 132 Å². The minimum Gasteiger partial charge on any atom is -0.340 e. The van der Waals surface area contributed by atoms with Crippen molar-refractivity contribution in [2.75, 3.05) is 4.90 Å². The third-order valence-corrected chi connectivity index (χ3v) is 4.03. The molecule has 0 radical (unpaired) electrons. The van der Waals surface area contributed by atoms with E-state index in [2.05, 4.69) is 84.4 Å². The van der Waals surface area contributed by atoms with Gasteiger partial charge in [-0.05, 0) is 42.2 Å². The summed E-state index contributed by atoms with van der Waals surface area (Å²) >= 11 is 0. The number of fused-ring (bicyclic) bond motifs is 1. The summed E-state index contributed by atoms with van der Waals surface area (Å²) in [4.78, 5) is 2.35. The van der Waals surface area contributed by atoms with Crippen LogP contribution in [0.3, 0.4) is 0 Å². The molecule has 0 heterocycles. The Morgan fingerprint density at radius 2 is 1.77 bits per heavy atom. The van der Waals surface area contributed by atoms with Gasteiger partial charge in [-0.3, -0.25) is 0 Å². The quantitative estimate of drug-likeness (QED) is 0.648. The molecule has 1 heteroatoms. The van der Waals surface area contributed by atoms with Crippen LogP contribution >= 0.6 is 0 Å². The Hall–Kier alpha value is -2.54. The lowest BCUT2D eigenvalue weighted by atomic mass is 9.97. The predicted molar refractivity (Wildman–Crippen MR) is 95.7 cm³/mol. The molecule has 0 N–H and O–H groups in total. The molecule has 110 valence electrons. The van der Waals surface area contributed by atoms with Crippen molar-refractivity contribution in [3.05, 3.63) is 96.7 Å². The smallest absolute Gasteiger partial charge is 0.0594 e. The fourth-order valence-electron chi connectivity index (χ4n) is 3.00. The highest BCUT2D eigenvalue weighted by atomic mass is 15.1. The number of anilines is 1. The van der Waals surface area contributed by atoms with Crippen molar-refractivity contribution in [3.8, 4) is 0 Å². The zero-order chi connectivity index (χ0) is 15.2. The Balaban J connectivity index is 2.05. The van der Waals surface area contributed by atoms with Crippen molar-refractivity contribution in [2.45, 2.75) is 18.9 Å². The Kier molecular flexibility index (Phi) is 4.55. The first-order valence-corrected chi connectivity index (χ1v) is 7.78. The molecule has 0 amide bonds. The molecule has 1 aliphatic rings. The standard InChI is InChI=1S/C21H21N/c1-2-3-17-22(19-13-5-4-6-14-19)21-16-10-8-12-18-11-7-9-15-20(18)21/h2-9,11-15,17,21H,1,10,16H2/b17-3+. The number of hydrogen-bond acceptors (Lipinski definition) is 1. The number of hydrogen-bond donors (Lipinski definition) is 0. The van der Waals surface area contributed by atoms with Gasteiger partial charge in [0.1, 0.15) is 0 Å². The van der Waals surface area contributed by atoms with Crippen molar-refractivity contribution in [3.63, 3.8) is 0 Å². The van der Waals surface area contributed by atoms with Gasteiger partial charge in [0.05, 0.1) is 6.04 Å². The zero-order valence-corrected chi connectivity index (χ0v) is 12.7. The highest BCUT2D eigenvalue weighted by molar-refractivity contribution is 5.60. The van der Waals surface area contributed by atoms with E-state index in [1.807, 2.05) is 12.2 Å². The molecule has 0 spiro atoms. The monoisotopic (exact) mass is 287 g/mol. The van der Waals surface area contributed by atoms with E-state index in [1.165, 1.54) is 16.8 Å². The van der Waals surface area contributed by atoms with Crippen LogP contribution in [0.4, 0.5) is 5.69 Å². The number of para-hydroxylation sites is 1. The first-order chi connectivity index (χ1) is 10.9. The van der Waals surface area contributed by atoms with E-state index in [0.717, 1.165) is 12.8 Å². The lowest BCUT2D eigenvalue weighted by Gasteiger charge is -2.31. The first kappa shape index (κ1) is 14.4. The van der Waals surface area contributed by atoms with Gasteiger partial charge in [0, 0.05) is 11.9 Å². The number of rotatable bonds is 4. The third-order valence-electron chi connectivity index (χ3n) is 4.03. The molecule has 1 aliphatic carbocycles. The van der Waals surface area contributed by atoms with Crippen molar-refractivity contribution in [2.24, 2.45) is 0 Å². The van der Waals surface area contributed by atoms with Crippen LogP contribution in [-0.2, 0) is 0 Å². The molecular weight excluding hydrogens is 266 g/mol. The summed E-state index contributed by atoms with van der Waals surface area (Å²) in [5.74, 6) is 0. The SMILES string of the molecule is C=C/C=C/N(c1ccccc1)C1CCC=Cc2ccccc21. The van der Waals surface area contributed by atoms with Gasteiger partial charge in [-0.2, -0.15) is 0 Å². The average molecular weight is 287 g/mol. The van der Waals surface area contributed by atoms with Gasteiger partial charge in [-0.25, -0.2) is 0 Å². The lowest BCUT2D eigenvalue weighted by Crippen LogP contribution is -2.23. The largest absolute Gasteiger partial charge is 0.340 e. The van der Waals surface area contributed by atoms with E-state index in [9.17, 15) is 0 Å². The van der Waals surface area contributed by atoms with E-state index >= 15 is 0 Å². The molecule has 2 aromatic rings. The predicted octanol–water partition coefficient (Wildman–Crippen LogP) is 5.74. The van der Waals surface area contributed by atoms with Gasteiger partial charge in [-0.15, -0.1) is 0 Å². The Bertz CT molecular complexity index is 682. The molecule has 2 aromatic carbocycles.